The number of carbonyl (C=O) groups is 1. The zero-order chi connectivity index (χ0) is 17.6. The molecule has 3 aromatic rings. The van der Waals surface area contributed by atoms with Gasteiger partial charge < -0.3 is 4.74 Å². The SMILES string of the molecule is O=C(CC(c1ccccc1)c1ccccc1)Oc1ccc(Br)cc1Cl. The van der Waals surface area contributed by atoms with Gasteiger partial charge in [0.15, 0.2) is 0 Å². The van der Waals surface area contributed by atoms with Gasteiger partial charge in [0, 0.05) is 10.4 Å². The van der Waals surface area contributed by atoms with Gasteiger partial charge in [-0.15, -0.1) is 0 Å². The highest BCUT2D eigenvalue weighted by molar-refractivity contribution is 9.10. The third kappa shape index (κ3) is 4.71. The molecule has 0 aromatic heterocycles. The lowest BCUT2D eigenvalue weighted by Gasteiger charge is -2.17. The van der Waals surface area contributed by atoms with Gasteiger partial charge in [0.2, 0.25) is 0 Å². The molecule has 0 saturated carbocycles. The van der Waals surface area contributed by atoms with E-state index < -0.39 is 0 Å². The maximum atomic E-state index is 12.5. The van der Waals surface area contributed by atoms with Crippen LogP contribution >= 0.6 is 27.5 Å². The Morgan fingerprint density at radius 3 is 2.00 bits per heavy atom. The number of rotatable bonds is 5. The normalized spacial score (nSPS) is 10.7. The molecule has 0 aliphatic rings. The van der Waals surface area contributed by atoms with Crippen molar-refractivity contribution in [3.8, 4) is 5.75 Å². The third-order valence-corrected chi connectivity index (χ3v) is 4.68. The summed E-state index contributed by atoms with van der Waals surface area (Å²) >= 11 is 9.48. The van der Waals surface area contributed by atoms with Crippen molar-refractivity contribution in [1.82, 2.24) is 0 Å². The van der Waals surface area contributed by atoms with E-state index in [-0.39, 0.29) is 18.3 Å². The summed E-state index contributed by atoms with van der Waals surface area (Å²) in [5.41, 5.74) is 2.15. The van der Waals surface area contributed by atoms with Crippen LogP contribution in [0.3, 0.4) is 0 Å². The summed E-state index contributed by atoms with van der Waals surface area (Å²) in [4.78, 5) is 12.5. The predicted molar refractivity (Wildman–Crippen MR) is 104 cm³/mol. The quantitative estimate of drug-likeness (QED) is 0.365. The van der Waals surface area contributed by atoms with Gasteiger partial charge in [0.1, 0.15) is 5.75 Å². The van der Waals surface area contributed by atoms with Crippen molar-refractivity contribution in [1.29, 1.82) is 0 Å². The molecule has 3 aromatic carbocycles. The topological polar surface area (TPSA) is 26.3 Å². The first kappa shape index (κ1) is 17.7. The second kappa shape index (κ2) is 8.32. The lowest BCUT2D eigenvalue weighted by Crippen LogP contribution is -2.14. The second-order valence-electron chi connectivity index (χ2n) is 5.63. The second-order valence-corrected chi connectivity index (χ2v) is 6.95. The van der Waals surface area contributed by atoms with Crippen molar-refractivity contribution in [3.63, 3.8) is 0 Å². The molecular formula is C21H16BrClO2. The van der Waals surface area contributed by atoms with Gasteiger partial charge >= 0.3 is 5.97 Å². The Labute approximate surface area is 160 Å². The molecule has 0 aliphatic carbocycles. The molecule has 126 valence electrons. The maximum Gasteiger partial charge on any atom is 0.312 e. The Morgan fingerprint density at radius 1 is 0.920 bits per heavy atom. The Kier molecular flexibility index (Phi) is 5.90. The van der Waals surface area contributed by atoms with Gasteiger partial charge in [0.05, 0.1) is 11.4 Å². The van der Waals surface area contributed by atoms with Crippen molar-refractivity contribution < 1.29 is 9.53 Å². The molecule has 0 fully saturated rings. The van der Waals surface area contributed by atoms with Crippen molar-refractivity contribution in [2.45, 2.75) is 12.3 Å². The molecule has 0 amide bonds. The highest BCUT2D eigenvalue weighted by Gasteiger charge is 2.20. The van der Waals surface area contributed by atoms with Crippen LogP contribution in [0.2, 0.25) is 5.02 Å². The molecule has 0 heterocycles. The molecule has 4 heteroatoms. The first-order chi connectivity index (χ1) is 12.1. The summed E-state index contributed by atoms with van der Waals surface area (Å²) in [5, 5.41) is 0.402. The summed E-state index contributed by atoms with van der Waals surface area (Å²) in [6, 6.07) is 25.1. The van der Waals surface area contributed by atoms with Crippen LogP contribution < -0.4 is 4.74 Å². The summed E-state index contributed by atoms with van der Waals surface area (Å²) in [5.74, 6) is -0.0132. The Bertz CT molecular complexity index is 811. The molecule has 0 spiro atoms. The van der Waals surface area contributed by atoms with Crippen LogP contribution in [-0.4, -0.2) is 5.97 Å². The monoisotopic (exact) mass is 414 g/mol. The first-order valence-corrected chi connectivity index (χ1v) is 9.06. The van der Waals surface area contributed by atoms with Gasteiger partial charge in [-0.2, -0.15) is 0 Å². The molecule has 25 heavy (non-hydrogen) atoms. The number of hydrogen-bond donors (Lipinski definition) is 0. The first-order valence-electron chi connectivity index (χ1n) is 7.89. The zero-order valence-corrected chi connectivity index (χ0v) is 15.7. The number of halogens is 2. The molecule has 2 nitrogen and oxygen atoms in total. The minimum atomic E-state index is -0.318. The summed E-state index contributed by atoms with van der Waals surface area (Å²) in [6.45, 7) is 0. The highest BCUT2D eigenvalue weighted by Crippen LogP contribution is 2.31. The molecule has 0 saturated heterocycles. The molecule has 3 rings (SSSR count). The molecule has 0 N–H and O–H groups in total. The zero-order valence-electron chi connectivity index (χ0n) is 13.4. The standard InChI is InChI=1S/C21H16BrClO2/c22-17-11-12-20(19(23)13-17)25-21(24)14-18(15-7-3-1-4-8-15)16-9-5-2-6-10-16/h1-13,18H,14H2. The average molecular weight is 416 g/mol. The van der Waals surface area contributed by atoms with Gasteiger partial charge in [-0.25, -0.2) is 0 Å². The molecule has 0 aliphatic heterocycles. The Morgan fingerprint density at radius 2 is 1.48 bits per heavy atom. The smallest absolute Gasteiger partial charge is 0.312 e. The number of ether oxygens (including phenoxy) is 1. The number of hydrogen-bond acceptors (Lipinski definition) is 2. The maximum absolute atomic E-state index is 12.5. The van der Waals surface area contributed by atoms with Crippen molar-refractivity contribution in [2.24, 2.45) is 0 Å². The largest absolute Gasteiger partial charge is 0.425 e. The van der Waals surface area contributed by atoms with Crippen molar-refractivity contribution in [3.05, 3.63) is 99.5 Å². The average Bonchev–Trinajstić information content (AvgIpc) is 2.63. The Hall–Kier alpha value is -2.10. The molecule has 0 atom stereocenters. The number of benzene rings is 3. The predicted octanol–water partition coefficient (Wildman–Crippen LogP) is 6.23. The summed E-state index contributed by atoms with van der Waals surface area (Å²) in [6.07, 6.45) is 0.237. The third-order valence-electron chi connectivity index (χ3n) is 3.89. The van der Waals surface area contributed by atoms with E-state index in [0.717, 1.165) is 15.6 Å². The molecular weight excluding hydrogens is 400 g/mol. The van der Waals surface area contributed by atoms with Crippen LogP contribution in [0.15, 0.2) is 83.3 Å². The van der Waals surface area contributed by atoms with E-state index in [4.69, 9.17) is 16.3 Å². The van der Waals surface area contributed by atoms with Crippen molar-refractivity contribution in [2.75, 3.05) is 0 Å². The van der Waals surface area contributed by atoms with E-state index in [1.165, 1.54) is 0 Å². The number of esters is 1. The van der Waals surface area contributed by atoms with Crippen LogP contribution in [0.25, 0.3) is 0 Å². The van der Waals surface area contributed by atoms with Gasteiger partial charge in [-0.3, -0.25) is 4.79 Å². The van der Waals surface area contributed by atoms with Gasteiger partial charge in [-0.1, -0.05) is 88.2 Å². The van der Waals surface area contributed by atoms with E-state index in [0.29, 0.717) is 10.8 Å². The van der Waals surface area contributed by atoms with E-state index in [9.17, 15) is 4.79 Å². The van der Waals surface area contributed by atoms with E-state index in [1.807, 2.05) is 60.7 Å². The fourth-order valence-corrected chi connectivity index (χ4v) is 3.40. The van der Waals surface area contributed by atoms with Crippen LogP contribution in [-0.2, 0) is 4.79 Å². The van der Waals surface area contributed by atoms with Crippen LogP contribution in [0.4, 0.5) is 0 Å². The Balaban J connectivity index is 1.82. The van der Waals surface area contributed by atoms with Gasteiger partial charge in [-0.05, 0) is 29.3 Å². The highest BCUT2D eigenvalue weighted by atomic mass is 79.9. The van der Waals surface area contributed by atoms with E-state index in [2.05, 4.69) is 15.9 Å². The molecule has 0 bridgehead atoms. The fourth-order valence-electron chi connectivity index (χ4n) is 2.69. The van der Waals surface area contributed by atoms with E-state index in [1.54, 1.807) is 18.2 Å². The minimum absolute atomic E-state index is 0.0656. The number of carbonyl (C=O) groups excluding carboxylic acids is 1. The van der Waals surface area contributed by atoms with E-state index >= 15 is 0 Å². The summed E-state index contributed by atoms with van der Waals surface area (Å²) < 4.78 is 6.32. The van der Waals surface area contributed by atoms with Crippen LogP contribution in [0, 0.1) is 0 Å². The lowest BCUT2D eigenvalue weighted by molar-refractivity contribution is -0.134. The van der Waals surface area contributed by atoms with Crippen LogP contribution in [0.5, 0.6) is 5.75 Å². The molecule has 0 radical (unpaired) electrons. The van der Waals surface area contributed by atoms with Crippen LogP contribution in [0.1, 0.15) is 23.5 Å². The lowest BCUT2D eigenvalue weighted by atomic mass is 9.89. The van der Waals surface area contributed by atoms with Gasteiger partial charge in [0.25, 0.3) is 0 Å². The van der Waals surface area contributed by atoms with Crippen molar-refractivity contribution >= 4 is 33.5 Å². The fraction of sp³-hybridized carbons (Fsp3) is 0.0952. The minimum Gasteiger partial charge on any atom is -0.425 e. The summed E-state index contributed by atoms with van der Waals surface area (Å²) in [7, 11) is 0. The molecule has 0 unspecified atom stereocenters.